The number of nitrogens with one attached hydrogen (secondary N) is 1. The summed E-state index contributed by atoms with van der Waals surface area (Å²) < 4.78 is 63.3. The number of anilines is 1. The average molecular weight is 556 g/mol. The lowest BCUT2D eigenvalue weighted by Gasteiger charge is -2.48. The number of sulfonamides is 1. The molecule has 0 radical (unpaired) electrons. The first kappa shape index (κ1) is 25.0. The number of piperazine rings is 1. The predicted molar refractivity (Wildman–Crippen MR) is 131 cm³/mol. The number of aliphatic hydroxyl groups excluding tert-OH is 1. The van der Waals surface area contributed by atoms with Crippen LogP contribution in [0.4, 0.5) is 14.5 Å². The monoisotopic (exact) mass is 555 g/mol. The van der Waals surface area contributed by atoms with Crippen molar-refractivity contribution in [3.63, 3.8) is 0 Å². The Morgan fingerprint density at radius 1 is 1.32 bits per heavy atom. The van der Waals surface area contributed by atoms with Crippen LogP contribution < -0.4 is 9.62 Å². The lowest BCUT2D eigenvalue weighted by Crippen LogP contribution is -2.63. The second-order valence-electron chi connectivity index (χ2n) is 10.0. The molecule has 2 saturated heterocycles. The van der Waals surface area contributed by atoms with Gasteiger partial charge in [-0.05, 0) is 25.8 Å². The van der Waals surface area contributed by atoms with Crippen LogP contribution in [-0.2, 0) is 14.8 Å². The van der Waals surface area contributed by atoms with Gasteiger partial charge in [-0.15, -0.1) is 10.2 Å². The smallest absolute Gasteiger partial charge is 0.291 e. The van der Waals surface area contributed by atoms with Crippen molar-refractivity contribution >= 4 is 32.6 Å². The summed E-state index contributed by atoms with van der Waals surface area (Å²) >= 11 is 0.711. The average Bonchev–Trinajstić information content (AvgIpc) is 3.25. The normalized spacial score (nSPS) is 24.1. The molecule has 3 aromatic heterocycles. The molecule has 0 aromatic carbocycles. The Bertz CT molecular complexity index is 1430. The van der Waals surface area contributed by atoms with Crippen molar-refractivity contribution in [1.29, 1.82) is 0 Å². The fraction of sp³-hybridized carbons (Fsp3) is 0.591. The maximum Gasteiger partial charge on any atom is 0.291 e. The van der Waals surface area contributed by atoms with Crippen LogP contribution in [-0.4, -0.2) is 95.1 Å². The molecule has 1 saturated carbocycles. The molecule has 0 unspecified atom stereocenters. The van der Waals surface area contributed by atoms with Crippen LogP contribution in [0.15, 0.2) is 23.4 Å². The number of rotatable bonds is 7. The summed E-state index contributed by atoms with van der Waals surface area (Å²) in [6.07, 6.45) is 1.72. The minimum atomic E-state index is -3.92. The van der Waals surface area contributed by atoms with Crippen LogP contribution in [0.1, 0.15) is 31.2 Å². The van der Waals surface area contributed by atoms with Crippen molar-refractivity contribution in [2.45, 2.75) is 48.7 Å². The van der Waals surface area contributed by atoms with Crippen molar-refractivity contribution in [2.75, 3.05) is 44.4 Å². The van der Waals surface area contributed by atoms with Crippen molar-refractivity contribution in [1.82, 2.24) is 29.2 Å². The third-order valence-electron chi connectivity index (χ3n) is 7.27. The molecule has 0 bridgehead atoms. The maximum absolute atomic E-state index is 13.4. The second kappa shape index (κ2) is 9.17. The Hall–Kier alpha value is -2.30. The number of pyridine rings is 1. The number of alkyl halides is 2. The number of fused-ring (bicyclic) bond motifs is 2. The summed E-state index contributed by atoms with van der Waals surface area (Å²) in [5.74, 6) is 0.218. The minimum Gasteiger partial charge on any atom is -0.394 e. The molecule has 2 aliphatic heterocycles. The van der Waals surface area contributed by atoms with E-state index in [1.807, 2.05) is 11.8 Å². The van der Waals surface area contributed by atoms with Crippen LogP contribution in [0.25, 0.3) is 16.3 Å². The van der Waals surface area contributed by atoms with Gasteiger partial charge >= 0.3 is 0 Å². The van der Waals surface area contributed by atoms with Crippen molar-refractivity contribution in [3.8, 4) is 10.8 Å². The number of hydrogen-bond acceptors (Lipinski definition) is 10. The number of ether oxygens (including phenoxy) is 1. The molecule has 1 aliphatic carbocycles. The molecule has 200 valence electrons. The standard InChI is InChI=1S/C22H27F2N7O4S2/c1-22(2-3-22)28-37(33,34)15-6-16(30-9-14-12-35-5-4-29(14)8-13(30)11-32)17-7-25-19(31(17)10-15)21-27-26-20(36-21)18(23)24/h6-7,10,13-14,18,28,32H,2-5,8-9,11-12H2,1H3/t13-,14-/m1/s1. The molecule has 2 N–H and O–H groups in total. The molecule has 11 nitrogen and oxygen atoms in total. The Morgan fingerprint density at radius 3 is 2.84 bits per heavy atom. The molecular formula is C22H27F2N7O4S2. The zero-order valence-corrected chi connectivity index (χ0v) is 21.7. The molecule has 0 amide bonds. The van der Waals surface area contributed by atoms with Gasteiger partial charge in [-0.1, -0.05) is 11.3 Å². The van der Waals surface area contributed by atoms with Crippen molar-refractivity contribution in [3.05, 3.63) is 23.5 Å². The lowest BCUT2D eigenvalue weighted by molar-refractivity contribution is -0.0230. The molecule has 5 heterocycles. The van der Waals surface area contributed by atoms with E-state index in [9.17, 15) is 22.3 Å². The zero-order valence-electron chi connectivity index (χ0n) is 20.0. The highest BCUT2D eigenvalue weighted by Gasteiger charge is 2.42. The molecule has 0 spiro atoms. The number of aliphatic hydroxyl groups is 1. The topological polar surface area (TPSA) is 125 Å². The van der Waals surface area contributed by atoms with E-state index >= 15 is 0 Å². The van der Waals surface area contributed by atoms with Gasteiger partial charge in [0.1, 0.15) is 4.90 Å². The third-order valence-corrected chi connectivity index (χ3v) is 9.80. The van der Waals surface area contributed by atoms with Gasteiger partial charge in [0, 0.05) is 31.4 Å². The maximum atomic E-state index is 13.4. The highest BCUT2D eigenvalue weighted by atomic mass is 32.2. The van der Waals surface area contributed by atoms with E-state index < -0.39 is 27.0 Å². The Morgan fingerprint density at radius 2 is 2.14 bits per heavy atom. The summed E-state index contributed by atoms with van der Waals surface area (Å²) in [6.45, 7) is 4.77. The summed E-state index contributed by atoms with van der Waals surface area (Å²) in [6, 6.07) is 1.40. The summed E-state index contributed by atoms with van der Waals surface area (Å²) in [4.78, 5) is 8.72. The van der Waals surface area contributed by atoms with Crippen molar-refractivity contribution < 1.29 is 27.0 Å². The first-order valence-electron chi connectivity index (χ1n) is 12.0. The number of halogens is 2. The molecule has 3 fully saturated rings. The molecule has 15 heteroatoms. The van der Waals surface area contributed by atoms with E-state index in [4.69, 9.17) is 4.74 Å². The Kier molecular flexibility index (Phi) is 6.19. The van der Waals surface area contributed by atoms with E-state index in [2.05, 4.69) is 24.8 Å². The van der Waals surface area contributed by atoms with Gasteiger partial charge in [0.2, 0.25) is 10.0 Å². The Labute approximate surface area is 216 Å². The zero-order chi connectivity index (χ0) is 25.9. The minimum absolute atomic E-state index is 0.0139. The third kappa shape index (κ3) is 4.61. The highest BCUT2D eigenvalue weighted by Crippen LogP contribution is 2.38. The number of nitrogens with zero attached hydrogens (tertiary/aromatic N) is 6. The summed E-state index contributed by atoms with van der Waals surface area (Å²) in [7, 11) is -3.92. The molecular weight excluding hydrogens is 528 g/mol. The summed E-state index contributed by atoms with van der Waals surface area (Å²) in [5.41, 5.74) is 0.657. The largest absolute Gasteiger partial charge is 0.394 e. The fourth-order valence-electron chi connectivity index (χ4n) is 4.97. The predicted octanol–water partition coefficient (Wildman–Crippen LogP) is 1.50. The van der Waals surface area contributed by atoms with Gasteiger partial charge in [-0.3, -0.25) is 9.30 Å². The first-order valence-corrected chi connectivity index (χ1v) is 14.3. The number of morpholine rings is 1. The van der Waals surface area contributed by atoms with E-state index in [0.29, 0.717) is 48.8 Å². The SMILES string of the molecule is CC1(NS(=O)(=O)c2cc(N3C[C@@H]4COCCN4C[C@@H]3CO)c3cnc(-c4nnc(C(F)F)s4)n3c2)CC1. The number of aromatic nitrogens is 4. The molecule has 37 heavy (non-hydrogen) atoms. The van der Waals surface area contributed by atoms with Gasteiger partial charge in [0.05, 0.1) is 49.3 Å². The number of hydrogen-bond donors (Lipinski definition) is 2. The fourth-order valence-corrected chi connectivity index (χ4v) is 7.14. The van der Waals surface area contributed by atoms with Crippen LogP contribution in [0, 0.1) is 0 Å². The first-order chi connectivity index (χ1) is 17.7. The van der Waals surface area contributed by atoms with Crippen LogP contribution in [0.2, 0.25) is 0 Å². The lowest BCUT2D eigenvalue weighted by atomic mass is 10.0. The van der Waals surface area contributed by atoms with Crippen LogP contribution in [0.5, 0.6) is 0 Å². The van der Waals surface area contributed by atoms with Gasteiger partial charge in [0.15, 0.2) is 15.8 Å². The van der Waals surface area contributed by atoms with Gasteiger partial charge in [-0.2, -0.15) is 0 Å². The Balaban J connectivity index is 1.49. The molecule has 6 rings (SSSR count). The van der Waals surface area contributed by atoms with E-state index in [-0.39, 0.29) is 34.4 Å². The quantitative estimate of drug-likeness (QED) is 0.446. The van der Waals surface area contributed by atoms with Gasteiger partial charge < -0.3 is 14.7 Å². The highest BCUT2D eigenvalue weighted by molar-refractivity contribution is 7.89. The van der Waals surface area contributed by atoms with Gasteiger partial charge in [0.25, 0.3) is 6.43 Å². The van der Waals surface area contributed by atoms with Crippen LogP contribution in [0.3, 0.4) is 0 Å². The molecule has 3 aromatic rings. The molecule has 3 aliphatic rings. The van der Waals surface area contributed by atoms with Crippen LogP contribution >= 0.6 is 11.3 Å². The van der Waals surface area contributed by atoms with E-state index in [1.54, 1.807) is 16.7 Å². The van der Waals surface area contributed by atoms with E-state index in [0.717, 1.165) is 19.4 Å². The van der Waals surface area contributed by atoms with Crippen molar-refractivity contribution in [2.24, 2.45) is 0 Å². The summed E-state index contributed by atoms with van der Waals surface area (Å²) in [5, 5.41) is 17.4. The number of imidazole rings is 1. The van der Waals surface area contributed by atoms with Gasteiger partial charge in [-0.25, -0.2) is 26.9 Å². The van der Waals surface area contributed by atoms with E-state index in [1.165, 1.54) is 6.20 Å². The molecule has 2 atom stereocenters. The second-order valence-corrected chi connectivity index (χ2v) is 12.7.